The Morgan fingerprint density at radius 1 is 1.43 bits per heavy atom. The van der Waals surface area contributed by atoms with Crippen molar-refractivity contribution >= 4 is 37.8 Å². The van der Waals surface area contributed by atoms with E-state index in [0.717, 1.165) is 34.3 Å². The van der Waals surface area contributed by atoms with Crippen LogP contribution in [0.2, 0.25) is 0 Å². The lowest BCUT2D eigenvalue weighted by Gasteiger charge is -2.38. The Morgan fingerprint density at radius 3 is 2.81 bits per heavy atom. The normalized spacial score (nSPS) is 15.9. The Hall–Kier alpha value is -1.32. The molecule has 0 radical (unpaired) electrons. The molecule has 0 atom stereocenters. The van der Waals surface area contributed by atoms with Gasteiger partial charge in [-0.15, -0.1) is 5.10 Å². The van der Waals surface area contributed by atoms with E-state index in [1.807, 2.05) is 6.07 Å². The van der Waals surface area contributed by atoms with Crippen molar-refractivity contribution in [3.05, 3.63) is 38.8 Å². The summed E-state index contributed by atoms with van der Waals surface area (Å²) in [6.45, 7) is 2.34. The van der Waals surface area contributed by atoms with Crippen LogP contribution in [0.1, 0.15) is 22.2 Å². The van der Waals surface area contributed by atoms with E-state index in [0.29, 0.717) is 0 Å². The van der Waals surface area contributed by atoms with E-state index in [1.54, 1.807) is 10.9 Å². The summed E-state index contributed by atoms with van der Waals surface area (Å²) < 4.78 is 3.52. The molecule has 0 bridgehead atoms. The number of rotatable bonds is 4. The van der Waals surface area contributed by atoms with E-state index in [-0.39, 0.29) is 11.7 Å². The van der Waals surface area contributed by atoms with Crippen molar-refractivity contribution < 1.29 is 9.90 Å². The number of carboxylic acid groups (broad SMARTS) is 1. The van der Waals surface area contributed by atoms with Crippen molar-refractivity contribution in [3.8, 4) is 0 Å². The van der Waals surface area contributed by atoms with E-state index >= 15 is 0 Å². The monoisotopic (exact) mass is 415 g/mol. The van der Waals surface area contributed by atoms with Gasteiger partial charge in [0.1, 0.15) is 0 Å². The molecule has 0 aliphatic carbocycles. The maximum atomic E-state index is 10.8. The maximum Gasteiger partial charge on any atom is 0.358 e. The quantitative estimate of drug-likeness (QED) is 0.819. The molecule has 0 saturated carbocycles. The van der Waals surface area contributed by atoms with Gasteiger partial charge < -0.3 is 5.11 Å². The summed E-state index contributed by atoms with van der Waals surface area (Å²) in [7, 11) is 0. The zero-order chi connectivity index (χ0) is 15.0. The predicted octanol–water partition coefficient (Wildman–Crippen LogP) is 1.95. The van der Waals surface area contributed by atoms with Gasteiger partial charge in [-0.1, -0.05) is 5.21 Å². The number of carboxylic acids is 1. The van der Waals surface area contributed by atoms with Crippen molar-refractivity contribution in [2.75, 3.05) is 13.1 Å². The first-order chi connectivity index (χ1) is 10.0. The summed E-state index contributed by atoms with van der Waals surface area (Å²) in [4.78, 5) is 17.4. The average Bonchev–Trinajstić information content (AvgIpc) is 2.84. The minimum absolute atomic E-state index is 0.0224. The van der Waals surface area contributed by atoms with Gasteiger partial charge in [0.15, 0.2) is 5.69 Å². The van der Waals surface area contributed by atoms with Crippen LogP contribution in [0.5, 0.6) is 0 Å². The summed E-state index contributed by atoms with van der Waals surface area (Å²) in [6.07, 6.45) is 3.24. The molecule has 3 rings (SSSR count). The number of likely N-dealkylation sites (tertiary alicyclic amines) is 1. The Balaban J connectivity index is 1.59. The topological polar surface area (TPSA) is 84.1 Å². The number of aromatic carboxylic acids is 1. The molecule has 0 aromatic carbocycles. The Labute approximate surface area is 137 Å². The van der Waals surface area contributed by atoms with Crippen LogP contribution in [0.25, 0.3) is 0 Å². The van der Waals surface area contributed by atoms with Gasteiger partial charge >= 0.3 is 5.97 Å². The number of aromatic nitrogens is 4. The van der Waals surface area contributed by atoms with Crippen LogP contribution >= 0.6 is 31.9 Å². The molecule has 110 valence electrons. The molecule has 0 spiro atoms. The van der Waals surface area contributed by atoms with Gasteiger partial charge in [-0.05, 0) is 37.9 Å². The fourth-order valence-electron chi connectivity index (χ4n) is 2.16. The standard InChI is InChI=1S/C12H11Br2N5O2/c13-7-1-9(14)10(15-2-7)5-18-3-8(4-18)19-6-11(12(20)21)16-17-19/h1-2,6,8H,3-5H2,(H,20,21). The number of nitrogens with zero attached hydrogens (tertiary/aromatic N) is 5. The molecule has 1 aliphatic rings. The SMILES string of the molecule is O=C(O)c1cn(C2CN(Cc3ncc(Br)cc3Br)C2)nn1. The first-order valence-corrected chi connectivity index (χ1v) is 7.79. The van der Waals surface area contributed by atoms with Crippen LogP contribution in [-0.2, 0) is 6.54 Å². The van der Waals surface area contributed by atoms with E-state index in [9.17, 15) is 4.79 Å². The van der Waals surface area contributed by atoms with Gasteiger partial charge in [0.25, 0.3) is 0 Å². The smallest absolute Gasteiger partial charge is 0.358 e. The zero-order valence-corrected chi connectivity index (χ0v) is 14.0. The maximum absolute atomic E-state index is 10.8. The highest BCUT2D eigenvalue weighted by molar-refractivity contribution is 9.11. The van der Waals surface area contributed by atoms with Crippen molar-refractivity contribution in [3.63, 3.8) is 0 Å². The molecule has 2 aromatic rings. The molecule has 1 fully saturated rings. The Kier molecular flexibility index (Phi) is 4.05. The van der Waals surface area contributed by atoms with Crippen molar-refractivity contribution in [1.82, 2.24) is 24.9 Å². The second-order valence-corrected chi connectivity index (χ2v) is 6.59. The lowest BCUT2D eigenvalue weighted by molar-refractivity contribution is 0.0690. The molecular weight excluding hydrogens is 406 g/mol. The average molecular weight is 417 g/mol. The van der Waals surface area contributed by atoms with Crippen LogP contribution in [0, 0.1) is 0 Å². The summed E-state index contributed by atoms with van der Waals surface area (Å²) >= 11 is 6.87. The number of hydrogen-bond acceptors (Lipinski definition) is 5. The van der Waals surface area contributed by atoms with Crippen molar-refractivity contribution in [1.29, 1.82) is 0 Å². The van der Waals surface area contributed by atoms with Gasteiger partial charge in [-0.2, -0.15) is 0 Å². The van der Waals surface area contributed by atoms with Crippen LogP contribution < -0.4 is 0 Å². The van der Waals surface area contributed by atoms with Crippen LogP contribution in [-0.4, -0.2) is 49.0 Å². The molecule has 9 heteroatoms. The number of hydrogen-bond donors (Lipinski definition) is 1. The van der Waals surface area contributed by atoms with Gasteiger partial charge in [-0.25, -0.2) is 9.48 Å². The summed E-state index contributed by atoms with van der Waals surface area (Å²) in [5, 5.41) is 16.3. The van der Waals surface area contributed by atoms with Crippen LogP contribution in [0.15, 0.2) is 27.4 Å². The second kappa shape index (κ2) is 5.82. The third kappa shape index (κ3) is 3.14. The molecular formula is C12H11Br2N5O2. The minimum Gasteiger partial charge on any atom is -0.476 e. The van der Waals surface area contributed by atoms with E-state index < -0.39 is 5.97 Å². The summed E-state index contributed by atoms with van der Waals surface area (Å²) in [5.74, 6) is -1.06. The van der Waals surface area contributed by atoms with E-state index in [2.05, 4.69) is 52.1 Å². The Morgan fingerprint density at radius 2 is 2.19 bits per heavy atom. The fraction of sp³-hybridized carbons (Fsp3) is 0.333. The lowest BCUT2D eigenvalue weighted by atomic mass is 10.1. The molecule has 3 heterocycles. The molecule has 0 amide bonds. The van der Waals surface area contributed by atoms with Gasteiger partial charge in [-0.3, -0.25) is 9.88 Å². The second-order valence-electron chi connectivity index (χ2n) is 4.82. The van der Waals surface area contributed by atoms with Crippen molar-refractivity contribution in [2.45, 2.75) is 12.6 Å². The van der Waals surface area contributed by atoms with Crippen molar-refractivity contribution in [2.24, 2.45) is 0 Å². The number of carbonyl (C=O) groups is 1. The largest absolute Gasteiger partial charge is 0.476 e. The van der Waals surface area contributed by atoms with Gasteiger partial charge in [0.2, 0.25) is 0 Å². The summed E-state index contributed by atoms with van der Waals surface area (Å²) in [5.41, 5.74) is 0.951. The van der Waals surface area contributed by atoms with Gasteiger partial charge in [0.05, 0.1) is 17.9 Å². The minimum atomic E-state index is -1.06. The zero-order valence-electron chi connectivity index (χ0n) is 10.8. The van der Waals surface area contributed by atoms with Crippen LogP contribution in [0.4, 0.5) is 0 Å². The van der Waals surface area contributed by atoms with Crippen LogP contribution in [0.3, 0.4) is 0 Å². The molecule has 0 unspecified atom stereocenters. The highest BCUT2D eigenvalue weighted by atomic mass is 79.9. The van der Waals surface area contributed by atoms with Gasteiger partial charge in [0, 0.05) is 34.8 Å². The summed E-state index contributed by atoms with van der Waals surface area (Å²) in [6, 6.07) is 2.13. The first kappa shape index (κ1) is 14.6. The molecule has 1 aliphatic heterocycles. The number of pyridine rings is 1. The van der Waals surface area contributed by atoms with E-state index in [4.69, 9.17) is 5.11 Å². The number of halogens is 2. The third-order valence-corrected chi connectivity index (χ3v) is 4.42. The Bertz CT molecular complexity index is 684. The lowest BCUT2D eigenvalue weighted by Crippen LogP contribution is -2.47. The highest BCUT2D eigenvalue weighted by Gasteiger charge is 2.30. The first-order valence-electron chi connectivity index (χ1n) is 6.20. The third-order valence-electron chi connectivity index (χ3n) is 3.30. The predicted molar refractivity (Wildman–Crippen MR) is 80.9 cm³/mol. The highest BCUT2D eigenvalue weighted by Crippen LogP contribution is 2.26. The molecule has 1 saturated heterocycles. The molecule has 2 aromatic heterocycles. The molecule has 21 heavy (non-hydrogen) atoms. The fourth-order valence-corrected chi connectivity index (χ4v) is 3.28. The molecule has 7 nitrogen and oxygen atoms in total. The van der Waals surface area contributed by atoms with E-state index in [1.165, 1.54) is 6.20 Å². The molecule has 1 N–H and O–H groups in total.